The Balaban J connectivity index is 1.88. The maximum atomic E-state index is 8.67. The normalized spacial score (nSPS) is 17.6. The highest BCUT2D eigenvalue weighted by Gasteiger charge is 2.16. The van der Waals surface area contributed by atoms with E-state index in [1.807, 2.05) is 0 Å². The summed E-state index contributed by atoms with van der Waals surface area (Å²) in [6.07, 6.45) is 0. The van der Waals surface area contributed by atoms with E-state index in [0.29, 0.717) is 6.54 Å². The predicted octanol–water partition coefficient (Wildman–Crippen LogP) is 1.94. The lowest BCUT2D eigenvalue weighted by Gasteiger charge is -2.33. The van der Waals surface area contributed by atoms with Crippen LogP contribution in [0.4, 0.5) is 0 Å². The van der Waals surface area contributed by atoms with Crippen molar-refractivity contribution < 1.29 is 0 Å². The van der Waals surface area contributed by atoms with E-state index < -0.39 is 0 Å². The molecule has 0 N–H and O–H groups in total. The zero-order valence-corrected chi connectivity index (χ0v) is 11.3. The minimum atomic E-state index is 0.567. The first-order valence-electron chi connectivity index (χ1n) is 6.57. The lowest BCUT2D eigenvalue weighted by Crippen LogP contribution is -2.45. The van der Waals surface area contributed by atoms with Crippen molar-refractivity contribution in [3.63, 3.8) is 0 Å². The summed E-state index contributed by atoms with van der Waals surface area (Å²) >= 11 is 0. The Bertz CT molecular complexity index is 440. The molecule has 3 nitrogen and oxygen atoms in total. The number of nitriles is 1. The molecule has 0 amide bonds. The van der Waals surface area contributed by atoms with Crippen molar-refractivity contribution >= 4 is 0 Å². The summed E-state index contributed by atoms with van der Waals surface area (Å²) in [5.41, 5.74) is 4.13. The fraction of sp³-hybridized carbons (Fsp3) is 0.533. The highest BCUT2D eigenvalue weighted by molar-refractivity contribution is 5.29. The Morgan fingerprint density at radius 3 is 2.33 bits per heavy atom. The van der Waals surface area contributed by atoms with Crippen molar-refractivity contribution in [2.24, 2.45) is 0 Å². The standard InChI is InChI=1S/C15H21N3/c1-13-3-4-15(11-14(13)2)12-18-9-7-17(6-5-16)8-10-18/h3-4,11H,6-10,12H2,1-2H3. The number of hydrogen-bond donors (Lipinski definition) is 0. The molecule has 0 aliphatic carbocycles. The van der Waals surface area contributed by atoms with E-state index in [1.165, 1.54) is 16.7 Å². The van der Waals surface area contributed by atoms with Gasteiger partial charge in [-0.05, 0) is 30.5 Å². The van der Waals surface area contributed by atoms with Crippen LogP contribution in [0.5, 0.6) is 0 Å². The second kappa shape index (κ2) is 5.99. The monoisotopic (exact) mass is 243 g/mol. The molecule has 1 aliphatic rings. The van der Waals surface area contributed by atoms with Crippen LogP contribution in [0.15, 0.2) is 18.2 Å². The SMILES string of the molecule is Cc1ccc(CN2CCN(CC#N)CC2)cc1C. The quantitative estimate of drug-likeness (QED) is 0.760. The maximum absolute atomic E-state index is 8.67. The van der Waals surface area contributed by atoms with Crippen molar-refractivity contribution in [1.29, 1.82) is 5.26 Å². The Morgan fingerprint density at radius 1 is 1.06 bits per heavy atom. The summed E-state index contributed by atoms with van der Waals surface area (Å²) in [5.74, 6) is 0. The third-order valence-corrected chi connectivity index (χ3v) is 3.74. The molecule has 1 saturated heterocycles. The number of piperazine rings is 1. The lowest BCUT2D eigenvalue weighted by molar-refractivity contribution is 0.138. The van der Waals surface area contributed by atoms with Crippen LogP contribution in [-0.2, 0) is 6.54 Å². The van der Waals surface area contributed by atoms with Crippen LogP contribution >= 0.6 is 0 Å². The first-order chi connectivity index (χ1) is 8.69. The Kier molecular flexibility index (Phi) is 4.35. The van der Waals surface area contributed by atoms with Crippen LogP contribution in [0.25, 0.3) is 0 Å². The number of rotatable bonds is 3. The molecule has 2 rings (SSSR count). The first kappa shape index (κ1) is 13.1. The van der Waals surface area contributed by atoms with E-state index in [9.17, 15) is 0 Å². The molecular weight excluding hydrogens is 222 g/mol. The van der Waals surface area contributed by atoms with Crippen molar-refractivity contribution in [3.8, 4) is 6.07 Å². The molecule has 0 spiro atoms. The average molecular weight is 243 g/mol. The van der Waals surface area contributed by atoms with Gasteiger partial charge in [-0.3, -0.25) is 9.80 Å². The van der Waals surface area contributed by atoms with Crippen LogP contribution in [0, 0.1) is 25.2 Å². The smallest absolute Gasteiger partial charge is 0.0866 e. The van der Waals surface area contributed by atoms with E-state index >= 15 is 0 Å². The molecule has 0 bridgehead atoms. The number of aryl methyl sites for hydroxylation is 2. The summed E-state index contributed by atoms with van der Waals surface area (Å²) < 4.78 is 0. The number of hydrogen-bond acceptors (Lipinski definition) is 3. The summed E-state index contributed by atoms with van der Waals surface area (Å²) in [6, 6.07) is 8.94. The van der Waals surface area contributed by atoms with E-state index in [4.69, 9.17) is 5.26 Å². The minimum Gasteiger partial charge on any atom is -0.297 e. The van der Waals surface area contributed by atoms with Crippen LogP contribution in [0.2, 0.25) is 0 Å². The second-order valence-corrected chi connectivity index (χ2v) is 5.13. The van der Waals surface area contributed by atoms with Gasteiger partial charge < -0.3 is 0 Å². The van der Waals surface area contributed by atoms with Gasteiger partial charge in [-0.15, -0.1) is 0 Å². The van der Waals surface area contributed by atoms with Gasteiger partial charge in [-0.1, -0.05) is 18.2 Å². The fourth-order valence-corrected chi connectivity index (χ4v) is 2.37. The van der Waals surface area contributed by atoms with Gasteiger partial charge in [0.05, 0.1) is 12.6 Å². The molecule has 1 aliphatic heterocycles. The van der Waals surface area contributed by atoms with Crippen molar-refractivity contribution in [2.45, 2.75) is 20.4 Å². The molecule has 96 valence electrons. The number of nitrogens with zero attached hydrogens (tertiary/aromatic N) is 3. The van der Waals surface area contributed by atoms with Gasteiger partial charge >= 0.3 is 0 Å². The van der Waals surface area contributed by atoms with E-state index in [0.717, 1.165) is 32.7 Å². The molecular formula is C15H21N3. The van der Waals surface area contributed by atoms with Crippen LogP contribution in [-0.4, -0.2) is 42.5 Å². The van der Waals surface area contributed by atoms with Gasteiger partial charge in [0, 0.05) is 32.7 Å². The molecule has 0 aromatic heterocycles. The van der Waals surface area contributed by atoms with Gasteiger partial charge in [-0.2, -0.15) is 5.26 Å². The van der Waals surface area contributed by atoms with Crippen LogP contribution in [0.1, 0.15) is 16.7 Å². The number of benzene rings is 1. The van der Waals surface area contributed by atoms with Gasteiger partial charge in [0.2, 0.25) is 0 Å². The highest BCUT2D eigenvalue weighted by Crippen LogP contribution is 2.13. The fourth-order valence-electron chi connectivity index (χ4n) is 2.37. The molecule has 1 aromatic carbocycles. The van der Waals surface area contributed by atoms with E-state index in [1.54, 1.807) is 0 Å². The third-order valence-electron chi connectivity index (χ3n) is 3.74. The molecule has 18 heavy (non-hydrogen) atoms. The second-order valence-electron chi connectivity index (χ2n) is 5.13. The van der Waals surface area contributed by atoms with Gasteiger partial charge in [-0.25, -0.2) is 0 Å². The summed E-state index contributed by atoms with van der Waals surface area (Å²) in [4.78, 5) is 4.69. The van der Waals surface area contributed by atoms with Crippen LogP contribution < -0.4 is 0 Å². The van der Waals surface area contributed by atoms with Gasteiger partial charge in [0.25, 0.3) is 0 Å². The molecule has 0 unspecified atom stereocenters. The van der Waals surface area contributed by atoms with Crippen molar-refractivity contribution in [3.05, 3.63) is 34.9 Å². The topological polar surface area (TPSA) is 30.3 Å². The average Bonchev–Trinajstić information content (AvgIpc) is 2.37. The molecule has 0 atom stereocenters. The minimum absolute atomic E-state index is 0.567. The third kappa shape index (κ3) is 3.32. The van der Waals surface area contributed by atoms with Crippen molar-refractivity contribution in [1.82, 2.24) is 9.80 Å². The summed E-state index contributed by atoms with van der Waals surface area (Å²) in [5, 5.41) is 8.67. The zero-order valence-electron chi connectivity index (χ0n) is 11.3. The molecule has 0 saturated carbocycles. The predicted molar refractivity (Wildman–Crippen MR) is 73.2 cm³/mol. The van der Waals surface area contributed by atoms with Crippen LogP contribution in [0.3, 0.4) is 0 Å². The largest absolute Gasteiger partial charge is 0.297 e. The summed E-state index contributed by atoms with van der Waals surface area (Å²) in [6.45, 7) is 10.1. The van der Waals surface area contributed by atoms with E-state index in [2.05, 4.69) is 47.9 Å². The Hall–Kier alpha value is -1.37. The van der Waals surface area contributed by atoms with E-state index in [-0.39, 0.29) is 0 Å². The summed E-state index contributed by atoms with van der Waals surface area (Å²) in [7, 11) is 0. The molecule has 1 fully saturated rings. The Labute approximate surface area is 110 Å². The Morgan fingerprint density at radius 2 is 1.72 bits per heavy atom. The maximum Gasteiger partial charge on any atom is 0.0866 e. The van der Waals surface area contributed by atoms with Gasteiger partial charge in [0.15, 0.2) is 0 Å². The van der Waals surface area contributed by atoms with Crippen molar-refractivity contribution in [2.75, 3.05) is 32.7 Å². The van der Waals surface area contributed by atoms with Gasteiger partial charge in [0.1, 0.15) is 0 Å². The molecule has 1 heterocycles. The highest BCUT2D eigenvalue weighted by atomic mass is 15.3. The zero-order chi connectivity index (χ0) is 13.0. The lowest BCUT2D eigenvalue weighted by atomic mass is 10.1. The molecule has 3 heteroatoms. The molecule has 0 radical (unpaired) electrons. The first-order valence-corrected chi connectivity index (χ1v) is 6.57. The molecule has 1 aromatic rings.